The van der Waals surface area contributed by atoms with Gasteiger partial charge in [0.05, 0.1) is 12.1 Å². The van der Waals surface area contributed by atoms with E-state index in [2.05, 4.69) is 20.3 Å². The largest absolute Gasteiger partial charge is 0.495 e. The fourth-order valence-corrected chi connectivity index (χ4v) is 3.15. The van der Waals surface area contributed by atoms with Crippen LogP contribution in [0.25, 0.3) is 5.95 Å². The number of halogens is 1. The van der Waals surface area contributed by atoms with Crippen molar-refractivity contribution in [3.8, 4) is 11.7 Å². The zero-order chi connectivity index (χ0) is 20.3. The Morgan fingerprint density at radius 3 is 2.71 bits per heavy atom. The third-order valence-electron chi connectivity index (χ3n) is 4.39. The molecule has 3 rings (SSSR count). The van der Waals surface area contributed by atoms with E-state index in [0.717, 1.165) is 11.3 Å². The molecule has 3 aromatic rings. The number of carbonyl (C=O) groups is 1. The summed E-state index contributed by atoms with van der Waals surface area (Å²) in [6.45, 7) is 3.74. The lowest BCUT2D eigenvalue weighted by molar-refractivity contribution is -0.119. The van der Waals surface area contributed by atoms with E-state index in [1.165, 1.54) is 0 Å². The summed E-state index contributed by atoms with van der Waals surface area (Å²) in [5, 5.41) is 3.60. The molecule has 146 valence electrons. The lowest BCUT2D eigenvalue weighted by Crippen LogP contribution is -2.39. The van der Waals surface area contributed by atoms with E-state index < -0.39 is 11.9 Å². The Balaban J connectivity index is 1.89. The molecule has 0 spiro atoms. The lowest BCUT2D eigenvalue weighted by atomic mass is 9.92. The van der Waals surface area contributed by atoms with Crippen molar-refractivity contribution < 1.29 is 9.53 Å². The molecule has 0 bridgehead atoms. The predicted octanol–water partition coefficient (Wildman–Crippen LogP) is 2.70. The molecule has 1 aromatic carbocycles. The minimum Gasteiger partial charge on any atom is -0.495 e. The normalized spacial score (nSPS) is 13.0. The lowest BCUT2D eigenvalue weighted by Gasteiger charge is -2.24. The Morgan fingerprint density at radius 2 is 2.11 bits per heavy atom. The van der Waals surface area contributed by atoms with Gasteiger partial charge in [0.2, 0.25) is 11.9 Å². The van der Waals surface area contributed by atoms with Crippen LogP contribution >= 0.6 is 11.6 Å². The first-order chi connectivity index (χ1) is 13.4. The van der Waals surface area contributed by atoms with Crippen LogP contribution in [0.3, 0.4) is 0 Å². The number of primary amides is 1. The van der Waals surface area contributed by atoms with Crippen LogP contribution in [0.1, 0.15) is 24.1 Å². The van der Waals surface area contributed by atoms with Gasteiger partial charge in [-0.3, -0.25) is 9.36 Å². The van der Waals surface area contributed by atoms with Gasteiger partial charge in [0, 0.05) is 30.1 Å². The fraction of sp³-hybridized carbons (Fsp3) is 0.263. The molecule has 0 aliphatic heterocycles. The van der Waals surface area contributed by atoms with Gasteiger partial charge < -0.3 is 15.8 Å². The van der Waals surface area contributed by atoms with Crippen molar-refractivity contribution in [1.29, 1.82) is 0 Å². The van der Waals surface area contributed by atoms with Crippen LogP contribution in [-0.2, 0) is 4.79 Å². The summed E-state index contributed by atoms with van der Waals surface area (Å²) in [5.41, 5.74) is 7.26. The minimum absolute atomic E-state index is 0.257. The number of imidazole rings is 1. The molecule has 28 heavy (non-hydrogen) atoms. The fourth-order valence-electron chi connectivity index (χ4n) is 2.88. The number of ether oxygens (including phenoxy) is 1. The number of hydrogen-bond acceptors (Lipinski definition) is 6. The highest BCUT2D eigenvalue weighted by Gasteiger charge is 2.25. The van der Waals surface area contributed by atoms with Gasteiger partial charge in [-0.05, 0) is 24.6 Å². The minimum atomic E-state index is -0.700. The highest BCUT2D eigenvalue weighted by atomic mass is 35.5. The molecule has 0 saturated heterocycles. The molecule has 8 nitrogen and oxygen atoms in total. The standard InChI is InChI=1S/C19H21ClN6O2/c1-11-8-16(25-19(23-11)26-7-6-22-10-26)24-17(18(21)27)12(2)13-4-5-15(28-3)14(20)9-13/h4-10,12,17H,1-3H3,(H2,21,27)(H,23,24,25). The molecule has 0 aliphatic carbocycles. The van der Waals surface area contributed by atoms with E-state index in [4.69, 9.17) is 22.1 Å². The van der Waals surface area contributed by atoms with Crippen LogP contribution in [0.15, 0.2) is 43.0 Å². The number of rotatable bonds is 7. The monoisotopic (exact) mass is 400 g/mol. The van der Waals surface area contributed by atoms with Gasteiger partial charge in [-0.1, -0.05) is 24.6 Å². The molecular weight excluding hydrogens is 380 g/mol. The summed E-state index contributed by atoms with van der Waals surface area (Å²) in [7, 11) is 1.55. The highest BCUT2D eigenvalue weighted by molar-refractivity contribution is 6.32. The van der Waals surface area contributed by atoms with Crippen molar-refractivity contribution in [2.45, 2.75) is 25.8 Å². The van der Waals surface area contributed by atoms with Crippen LogP contribution in [0.2, 0.25) is 5.02 Å². The Bertz CT molecular complexity index is 977. The maximum Gasteiger partial charge on any atom is 0.240 e. The number of aryl methyl sites for hydroxylation is 1. The molecule has 2 heterocycles. The van der Waals surface area contributed by atoms with Gasteiger partial charge in [0.25, 0.3) is 0 Å². The van der Waals surface area contributed by atoms with E-state index in [1.54, 1.807) is 48.6 Å². The van der Waals surface area contributed by atoms with Crippen LogP contribution in [0.5, 0.6) is 5.75 Å². The van der Waals surface area contributed by atoms with Crippen LogP contribution < -0.4 is 15.8 Å². The second kappa shape index (κ2) is 8.26. The number of methoxy groups -OCH3 is 1. The van der Waals surface area contributed by atoms with E-state index >= 15 is 0 Å². The zero-order valence-corrected chi connectivity index (χ0v) is 16.5. The molecule has 1 amide bonds. The summed E-state index contributed by atoms with van der Waals surface area (Å²) < 4.78 is 6.87. The topological polar surface area (TPSA) is 108 Å². The number of nitrogens with zero attached hydrogens (tertiary/aromatic N) is 4. The molecule has 3 N–H and O–H groups in total. The molecule has 0 fully saturated rings. The number of nitrogens with one attached hydrogen (secondary N) is 1. The summed E-state index contributed by atoms with van der Waals surface area (Å²) in [5.74, 6) is 0.750. The molecular formula is C19H21ClN6O2. The summed E-state index contributed by atoms with van der Waals surface area (Å²) in [6, 6.07) is 6.44. The van der Waals surface area contributed by atoms with E-state index in [1.807, 2.05) is 19.9 Å². The zero-order valence-electron chi connectivity index (χ0n) is 15.8. The van der Waals surface area contributed by atoms with Crippen molar-refractivity contribution in [1.82, 2.24) is 19.5 Å². The average Bonchev–Trinajstić information content (AvgIpc) is 3.19. The Kier molecular flexibility index (Phi) is 5.79. The first-order valence-electron chi connectivity index (χ1n) is 8.62. The second-order valence-electron chi connectivity index (χ2n) is 6.37. The number of carbonyl (C=O) groups excluding carboxylic acids is 1. The highest BCUT2D eigenvalue weighted by Crippen LogP contribution is 2.30. The molecule has 0 saturated carbocycles. The number of aromatic nitrogens is 4. The van der Waals surface area contributed by atoms with Crippen molar-refractivity contribution >= 4 is 23.3 Å². The van der Waals surface area contributed by atoms with Crippen molar-refractivity contribution in [3.05, 3.63) is 59.3 Å². The van der Waals surface area contributed by atoms with Gasteiger partial charge in [-0.2, -0.15) is 4.98 Å². The van der Waals surface area contributed by atoms with E-state index in [9.17, 15) is 4.79 Å². The van der Waals surface area contributed by atoms with Crippen molar-refractivity contribution in [2.75, 3.05) is 12.4 Å². The predicted molar refractivity (Wildman–Crippen MR) is 107 cm³/mol. The van der Waals surface area contributed by atoms with Gasteiger partial charge in [-0.25, -0.2) is 9.97 Å². The molecule has 2 atom stereocenters. The second-order valence-corrected chi connectivity index (χ2v) is 6.78. The van der Waals surface area contributed by atoms with Gasteiger partial charge in [-0.15, -0.1) is 0 Å². The third-order valence-corrected chi connectivity index (χ3v) is 4.68. The maximum absolute atomic E-state index is 12.2. The summed E-state index contributed by atoms with van der Waals surface area (Å²) >= 11 is 6.23. The van der Waals surface area contributed by atoms with Crippen LogP contribution in [-0.4, -0.2) is 38.6 Å². The summed E-state index contributed by atoms with van der Waals surface area (Å²) in [6.07, 6.45) is 4.98. The molecule has 2 aromatic heterocycles. The number of benzene rings is 1. The van der Waals surface area contributed by atoms with E-state index in [-0.39, 0.29) is 5.92 Å². The Morgan fingerprint density at radius 1 is 1.32 bits per heavy atom. The third kappa shape index (κ3) is 4.23. The van der Waals surface area contributed by atoms with Crippen molar-refractivity contribution in [2.24, 2.45) is 5.73 Å². The Hall–Kier alpha value is -3.13. The molecule has 9 heteroatoms. The smallest absolute Gasteiger partial charge is 0.240 e. The first-order valence-corrected chi connectivity index (χ1v) is 9.00. The molecule has 0 aliphatic rings. The van der Waals surface area contributed by atoms with Gasteiger partial charge in [0.15, 0.2) is 0 Å². The average molecular weight is 401 g/mol. The Labute approximate surface area is 167 Å². The quantitative estimate of drug-likeness (QED) is 0.631. The van der Waals surface area contributed by atoms with Crippen LogP contribution in [0.4, 0.5) is 5.82 Å². The first kappa shape index (κ1) is 19.6. The SMILES string of the molecule is COc1ccc(C(C)C(Nc2cc(C)nc(-n3ccnc3)n2)C(N)=O)cc1Cl. The van der Waals surface area contributed by atoms with Gasteiger partial charge in [0.1, 0.15) is 23.9 Å². The molecule has 0 radical (unpaired) electrons. The van der Waals surface area contributed by atoms with Gasteiger partial charge >= 0.3 is 0 Å². The summed E-state index contributed by atoms with van der Waals surface area (Å²) in [4.78, 5) is 25.0. The maximum atomic E-state index is 12.2. The molecule has 2 unspecified atom stereocenters. The van der Waals surface area contributed by atoms with Crippen LogP contribution in [0, 0.1) is 6.92 Å². The number of nitrogens with two attached hydrogens (primary N) is 1. The van der Waals surface area contributed by atoms with E-state index in [0.29, 0.717) is 22.5 Å². The number of amides is 1. The van der Waals surface area contributed by atoms with Crippen molar-refractivity contribution in [3.63, 3.8) is 0 Å². The number of anilines is 1. The number of hydrogen-bond donors (Lipinski definition) is 2.